The standard InChI is InChI=1S/C13H18BrNO2S/c1-9-7-8-18(16,17)10(2)13(15-9)11-3-5-12(14)6-4-11/h3-6,9-10,13,15H,7-8H2,1-2H3. The summed E-state index contributed by atoms with van der Waals surface area (Å²) in [6.07, 6.45) is 0.680. The monoisotopic (exact) mass is 331 g/mol. The van der Waals surface area contributed by atoms with Crippen molar-refractivity contribution < 1.29 is 8.42 Å². The van der Waals surface area contributed by atoms with Crippen molar-refractivity contribution in [3.8, 4) is 0 Å². The fourth-order valence-electron chi connectivity index (χ4n) is 2.30. The summed E-state index contributed by atoms with van der Waals surface area (Å²) in [5.41, 5.74) is 1.03. The van der Waals surface area contributed by atoms with Gasteiger partial charge in [-0.05, 0) is 38.0 Å². The zero-order valence-corrected chi connectivity index (χ0v) is 13.0. The highest BCUT2D eigenvalue weighted by atomic mass is 79.9. The SMILES string of the molecule is CC1CCS(=O)(=O)C(C)C(c2ccc(Br)cc2)N1. The molecule has 0 aliphatic carbocycles. The molecule has 1 saturated heterocycles. The highest BCUT2D eigenvalue weighted by Crippen LogP contribution is 2.27. The van der Waals surface area contributed by atoms with Crippen molar-refractivity contribution in [3.63, 3.8) is 0 Å². The number of benzene rings is 1. The van der Waals surface area contributed by atoms with E-state index in [0.29, 0.717) is 6.42 Å². The summed E-state index contributed by atoms with van der Waals surface area (Å²) in [4.78, 5) is 0. The Morgan fingerprint density at radius 1 is 1.22 bits per heavy atom. The second kappa shape index (κ2) is 5.31. The maximum Gasteiger partial charge on any atom is 0.154 e. The number of rotatable bonds is 1. The van der Waals surface area contributed by atoms with Crippen molar-refractivity contribution in [1.29, 1.82) is 0 Å². The molecule has 0 amide bonds. The third kappa shape index (κ3) is 2.95. The summed E-state index contributed by atoms with van der Waals surface area (Å²) < 4.78 is 25.3. The minimum Gasteiger partial charge on any atom is -0.306 e. The van der Waals surface area contributed by atoms with Gasteiger partial charge in [-0.2, -0.15) is 0 Å². The lowest BCUT2D eigenvalue weighted by Crippen LogP contribution is -2.36. The summed E-state index contributed by atoms with van der Waals surface area (Å²) in [5.74, 6) is 0.273. The van der Waals surface area contributed by atoms with Crippen LogP contribution in [0.25, 0.3) is 0 Å². The molecule has 3 unspecified atom stereocenters. The van der Waals surface area contributed by atoms with Crippen LogP contribution in [0.4, 0.5) is 0 Å². The molecule has 1 N–H and O–H groups in total. The molecule has 5 heteroatoms. The van der Waals surface area contributed by atoms with E-state index in [-0.39, 0.29) is 23.1 Å². The van der Waals surface area contributed by atoms with Crippen LogP contribution in [0.15, 0.2) is 28.7 Å². The van der Waals surface area contributed by atoms with Gasteiger partial charge in [0.05, 0.1) is 11.0 Å². The van der Waals surface area contributed by atoms with E-state index >= 15 is 0 Å². The lowest BCUT2D eigenvalue weighted by atomic mass is 10.0. The predicted molar refractivity (Wildman–Crippen MR) is 77.3 cm³/mol. The van der Waals surface area contributed by atoms with Crippen LogP contribution in [0.3, 0.4) is 0 Å². The summed E-state index contributed by atoms with van der Waals surface area (Å²) in [6.45, 7) is 3.84. The van der Waals surface area contributed by atoms with Gasteiger partial charge in [0.15, 0.2) is 9.84 Å². The van der Waals surface area contributed by atoms with Crippen molar-refractivity contribution in [2.45, 2.75) is 37.6 Å². The van der Waals surface area contributed by atoms with E-state index in [1.807, 2.05) is 31.2 Å². The van der Waals surface area contributed by atoms with E-state index < -0.39 is 9.84 Å². The normalized spacial score (nSPS) is 31.8. The van der Waals surface area contributed by atoms with Gasteiger partial charge >= 0.3 is 0 Å². The topological polar surface area (TPSA) is 46.2 Å². The molecular formula is C13H18BrNO2S. The highest BCUT2D eigenvalue weighted by Gasteiger charge is 2.34. The Kier molecular flexibility index (Phi) is 4.14. The third-order valence-electron chi connectivity index (χ3n) is 3.56. The summed E-state index contributed by atoms with van der Waals surface area (Å²) in [6, 6.07) is 7.95. The quantitative estimate of drug-likeness (QED) is 0.860. The van der Waals surface area contributed by atoms with Crippen LogP contribution in [0.5, 0.6) is 0 Å². The summed E-state index contributed by atoms with van der Waals surface area (Å²) in [7, 11) is -3.01. The molecule has 0 radical (unpaired) electrons. The van der Waals surface area contributed by atoms with Gasteiger partial charge in [-0.25, -0.2) is 8.42 Å². The lowest BCUT2D eigenvalue weighted by Gasteiger charge is -2.24. The molecule has 0 spiro atoms. The first-order valence-corrected chi connectivity index (χ1v) is 8.64. The first kappa shape index (κ1) is 14.0. The van der Waals surface area contributed by atoms with Crippen molar-refractivity contribution in [2.24, 2.45) is 0 Å². The van der Waals surface area contributed by atoms with Crippen molar-refractivity contribution >= 4 is 25.8 Å². The smallest absolute Gasteiger partial charge is 0.154 e. The van der Waals surface area contributed by atoms with Crippen molar-refractivity contribution in [2.75, 3.05) is 5.75 Å². The van der Waals surface area contributed by atoms with Crippen molar-refractivity contribution in [3.05, 3.63) is 34.3 Å². The molecule has 1 heterocycles. The van der Waals surface area contributed by atoms with E-state index in [1.165, 1.54) is 0 Å². The third-order valence-corrected chi connectivity index (χ3v) is 6.30. The van der Waals surface area contributed by atoms with Gasteiger partial charge in [0.25, 0.3) is 0 Å². The van der Waals surface area contributed by atoms with E-state index in [1.54, 1.807) is 6.92 Å². The fraction of sp³-hybridized carbons (Fsp3) is 0.538. The molecule has 3 atom stereocenters. The Bertz CT molecular complexity index is 512. The minimum atomic E-state index is -3.01. The van der Waals surface area contributed by atoms with Crippen LogP contribution < -0.4 is 5.32 Å². The Balaban J connectivity index is 2.37. The zero-order chi connectivity index (χ0) is 13.3. The van der Waals surface area contributed by atoms with E-state index in [0.717, 1.165) is 10.0 Å². The maximum absolute atomic E-state index is 12.1. The average molecular weight is 332 g/mol. The van der Waals surface area contributed by atoms with Crippen molar-refractivity contribution in [1.82, 2.24) is 5.32 Å². The zero-order valence-electron chi connectivity index (χ0n) is 10.6. The van der Waals surface area contributed by atoms with Crippen LogP contribution in [0.1, 0.15) is 31.9 Å². The first-order chi connectivity index (χ1) is 8.40. The number of nitrogens with one attached hydrogen (secondary N) is 1. The van der Waals surface area contributed by atoms with Gasteiger partial charge in [-0.15, -0.1) is 0 Å². The molecule has 1 fully saturated rings. The van der Waals surface area contributed by atoms with Crippen LogP contribution in [-0.4, -0.2) is 25.5 Å². The van der Waals surface area contributed by atoms with Gasteiger partial charge in [-0.1, -0.05) is 28.1 Å². The molecule has 0 bridgehead atoms. The number of sulfone groups is 1. The van der Waals surface area contributed by atoms with E-state index in [2.05, 4.69) is 21.2 Å². The number of hydrogen-bond acceptors (Lipinski definition) is 3. The van der Waals surface area contributed by atoms with Crippen LogP contribution >= 0.6 is 15.9 Å². The molecule has 1 aromatic rings. The molecule has 100 valence electrons. The Hall–Kier alpha value is -0.390. The van der Waals surface area contributed by atoms with Gasteiger partial charge in [0, 0.05) is 16.6 Å². The summed E-state index contributed by atoms with van der Waals surface area (Å²) >= 11 is 3.40. The molecule has 0 aromatic heterocycles. The maximum atomic E-state index is 12.1. The highest BCUT2D eigenvalue weighted by molar-refractivity contribution is 9.10. The lowest BCUT2D eigenvalue weighted by molar-refractivity contribution is 0.452. The van der Waals surface area contributed by atoms with Crippen LogP contribution in [0.2, 0.25) is 0 Å². The minimum absolute atomic E-state index is 0.124. The van der Waals surface area contributed by atoms with Crippen LogP contribution in [0, 0.1) is 0 Å². The first-order valence-electron chi connectivity index (χ1n) is 6.13. The molecule has 1 aliphatic rings. The van der Waals surface area contributed by atoms with Gasteiger partial charge in [0.2, 0.25) is 0 Å². The van der Waals surface area contributed by atoms with E-state index in [9.17, 15) is 8.42 Å². The summed E-state index contributed by atoms with van der Waals surface area (Å²) in [5, 5.41) is 3.04. The second-order valence-corrected chi connectivity index (χ2v) is 8.35. The van der Waals surface area contributed by atoms with Gasteiger partial charge in [-0.3, -0.25) is 0 Å². The number of hydrogen-bond donors (Lipinski definition) is 1. The fourth-order valence-corrected chi connectivity index (χ4v) is 4.27. The van der Waals surface area contributed by atoms with Gasteiger partial charge < -0.3 is 5.32 Å². The molecule has 18 heavy (non-hydrogen) atoms. The predicted octanol–water partition coefficient (Wildman–Crippen LogP) is 2.68. The largest absolute Gasteiger partial charge is 0.306 e. The Labute approximate surface area is 117 Å². The number of halogens is 1. The Morgan fingerprint density at radius 3 is 2.44 bits per heavy atom. The van der Waals surface area contributed by atoms with Gasteiger partial charge in [0.1, 0.15) is 0 Å². The second-order valence-electron chi connectivity index (χ2n) is 4.96. The van der Waals surface area contributed by atoms with Crippen LogP contribution in [-0.2, 0) is 9.84 Å². The van der Waals surface area contributed by atoms with E-state index in [4.69, 9.17) is 0 Å². The molecular weight excluding hydrogens is 314 g/mol. The molecule has 2 rings (SSSR count). The molecule has 1 aliphatic heterocycles. The Morgan fingerprint density at radius 2 is 1.83 bits per heavy atom. The molecule has 1 aromatic carbocycles. The average Bonchev–Trinajstić information content (AvgIpc) is 2.42. The molecule has 3 nitrogen and oxygen atoms in total. The molecule has 0 saturated carbocycles.